The summed E-state index contributed by atoms with van der Waals surface area (Å²) in [6.45, 7) is 1.02. The number of halogens is 1. The summed E-state index contributed by atoms with van der Waals surface area (Å²) >= 11 is 5.99. The van der Waals surface area contributed by atoms with Crippen molar-refractivity contribution in [2.45, 2.75) is 0 Å². The van der Waals surface area contributed by atoms with Gasteiger partial charge in [-0.1, -0.05) is 23.7 Å². The number of carbonyl (C=O) groups is 1. The average Bonchev–Trinajstić information content (AvgIpc) is 3.12. The first-order chi connectivity index (χ1) is 12.2. The third-order valence-corrected chi connectivity index (χ3v) is 3.97. The SMILES string of the molecule is O=C(Nc1ccc2c(c1)OCCO2)c1ccc(-c2cccc(Cl)c2)o1. The van der Waals surface area contributed by atoms with Crippen LogP contribution in [0.1, 0.15) is 10.6 Å². The normalized spacial score (nSPS) is 12.7. The Kier molecular flexibility index (Phi) is 4.07. The maximum absolute atomic E-state index is 12.4. The van der Waals surface area contributed by atoms with Gasteiger partial charge in [-0.15, -0.1) is 0 Å². The molecule has 0 aliphatic carbocycles. The summed E-state index contributed by atoms with van der Waals surface area (Å²) in [7, 11) is 0. The third-order valence-electron chi connectivity index (χ3n) is 3.74. The van der Waals surface area contributed by atoms with E-state index in [1.165, 1.54) is 0 Å². The third kappa shape index (κ3) is 3.32. The predicted molar refractivity (Wildman–Crippen MR) is 94.5 cm³/mol. The monoisotopic (exact) mass is 355 g/mol. The fourth-order valence-electron chi connectivity index (χ4n) is 2.57. The molecular weight excluding hydrogens is 342 g/mol. The Balaban J connectivity index is 1.52. The molecule has 0 radical (unpaired) electrons. The first kappa shape index (κ1) is 15.6. The van der Waals surface area contributed by atoms with Gasteiger partial charge in [0.2, 0.25) is 0 Å². The Morgan fingerprint density at radius 3 is 2.64 bits per heavy atom. The second-order valence-electron chi connectivity index (χ2n) is 5.49. The van der Waals surface area contributed by atoms with Crippen LogP contribution in [0.25, 0.3) is 11.3 Å². The van der Waals surface area contributed by atoms with Gasteiger partial charge in [0.25, 0.3) is 5.91 Å². The van der Waals surface area contributed by atoms with Crippen molar-refractivity contribution in [3.05, 3.63) is 65.4 Å². The molecule has 1 amide bonds. The molecule has 0 saturated carbocycles. The first-order valence-corrected chi connectivity index (χ1v) is 8.14. The summed E-state index contributed by atoms with van der Waals surface area (Å²) in [6, 6.07) is 15.9. The van der Waals surface area contributed by atoms with Gasteiger partial charge in [-0.3, -0.25) is 4.79 Å². The molecule has 0 spiro atoms. The molecular formula is C19H14ClNO4. The van der Waals surface area contributed by atoms with Crippen LogP contribution in [0.15, 0.2) is 59.0 Å². The highest BCUT2D eigenvalue weighted by molar-refractivity contribution is 6.30. The largest absolute Gasteiger partial charge is 0.486 e. The molecule has 3 aromatic rings. The number of fused-ring (bicyclic) bond motifs is 1. The minimum atomic E-state index is -0.343. The molecule has 1 aliphatic rings. The van der Waals surface area contributed by atoms with Gasteiger partial charge in [0.05, 0.1) is 0 Å². The highest BCUT2D eigenvalue weighted by atomic mass is 35.5. The molecule has 0 unspecified atom stereocenters. The second-order valence-corrected chi connectivity index (χ2v) is 5.92. The Morgan fingerprint density at radius 2 is 1.80 bits per heavy atom. The summed E-state index contributed by atoms with van der Waals surface area (Å²) in [6.07, 6.45) is 0. The number of furan rings is 1. The van der Waals surface area contributed by atoms with E-state index < -0.39 is 0 Å². The van der Waals surface area contributed by atoms with E-state index in [1.807, 2.05) is 12.1 Å². The van der Waals surface area contributed by atoms with Gasteiger partial charge in [-0.05, 0) is 36.4 Å². The molecule has 0 saturated heterocycles. The Morgan fingerprint density at radius 1 is 0.960 bits per heavy atom. The van der Waals surface area contributed by atoms with Gasteiger partial charge in [0.1, 0.15) is 19.0 Å². The number of carbonyl (C=O) groups excluding carboxylic acids is 1. The predicted octanol–water partition coefficient (Wildman–Crippen LogP) is 4.62. The van der Waals surface area contributed by atoms with Gasteiger partial charge < -0.3 is 19.2 Å². The van der Waals surface area contributed by atoms with Crippen molar-refractivity contribution in [3.63, 3.8) is 0 Å². The lowest BCUT2D eigenvalue weighted by Crippen LogP contribution is -2.16. The first-order valence-electron chi connectivity index (χ1n) is 7.76. The zero-order valence-corrected chi connectivity index (χ0v) is 13.9. The average molecular weight is 356 g/mol. The molecule has 1 aromatic heterocycles. The second kappa shape index (κ2) is 6.53. The molecule has 5 nitrogen and oxygen atoms in total. The van der Waals surface area contributed by atoms with E-state index in [4.69, 9.17) is 25.5 Å². The van der Waals surface area contributed by atoms with E-state index >= 15 is 0 Å². The van der Waals surface area contributed by atoms with Crippen molar-refractivity contribution in [3.8, 4) is 22.8 Å². The van der Waals surface area contributed by atoms with Crippen molar-refractivity contribution < 1.29 is 18.7 Å². The minimum absolute atomic E-state index is 0.213. The fraction of sp³-hybridized carbons (Fsp3) is 0.105. The van der Waals surface area contributed by atoms with Crippen LogP contribution in [0.4, 0.5) is 5.69 Å². The van der Waals surface area contributed by atoms with Gasteiger partial charge in [0.15, 0.2) is 17.3 Å². The highest BCUT2D eigenvalue weighted by Crippen LogP contribution is 2.33. The maximum Gasteiger partial charge on any atom is 0.291 e. The number of amides is 1. The molecule has 2 heterocycles. The lowest BCUT2D eigenvalue weighted by molar-refractivity contribution is 0.0997. The molecule has 25 heavy (non-hydrogen) atoms. The summed E-state index contributed by atoms with van der Waals surface area (Å²) < 4.78 is 16.6. The minimum Gasteiger partial charge on any atom is -0.486 e. The van der Waals surface area contributed by atoms with Gasteiger partial charge >= 0.3 is 0 Å². The zero-order chi connectivity index (χ0) is 17.2. The summed E-state index contributed by atoms with van der Waals surface area (Å²) in [5, 5.41) is 3.40. The van der Waals surface area contributed by atoms with E-state index in [0.29, 0.717) is 41.2 Å². The maximum atomic E-state index is 12.4. The van der Waals surface area contributed by atoms with Crippen LogP contribution in [-0.4, -0.2) is 19.1 Å². The molecule has 1 aliphatic heterocycles. The van der Waals surface area contributed by atoms with Gasteiger partial charge in [0, 0.05) is 22.3 Å². The molecule has 6 heteroatoms. The van der Waals surface area contributed by atoms with E-state index in [2.05, 4.69) is 5.32 Å². The lowest BCUT2D eigenvalue weighted by Gasteiger charge is -2.18. The van der Waals surface area contributed by atoms with Crippen LogP contribution in [0.5, 0.6) is 11.5 Å². The van der Waals surface area contributed by atoms with Crippen molar-refractivity contribution in [1.82, 2.24) is 0 Å². The Bertz CT molecular complexity index is 935. The molecule has 126 valence electrons. The number of nitrogens with one attached hydrogen (secondary N) is 1. The fourth-order valence-corrected chi connectivity index (χ4v) is 2.76. The van der Waals surface area contributed by atoms with Crippen LogP contribution in [-0.2, 0) is 0 Å². The van der Waals surface area contributed by atoms with Crippen LogP contribution in [0.3, 0.4) is 0 Å². The Labute approximate surface area is 149 Å². The topological polar surface area (TPSA) is 60.7 Å². The molecule has 2 aromatic carbocycles. The van der Waals surface area contributed by atoms with Crippen LogP contribution >= 0.6 is 11.6 Å². The summed E-state index contributed by atoms with van der Waals surface area (Å²) in [5.74, 6) is 1.73. The van der Waals surface area contributed by atoms with Crippen LogP contribution < -0.4 is 14.8 Å². The number of hydrogen-bond acceptors (Lipinski definition) is 4. The van der Waals surface area contributed by atoms with Crippen molar-refractivity contribution in [2.75, 3.05) is 18.5 Å². The number of anilines is 1. The van der Waals surface area contributed by atoms with E-state index in [9.17, 15) is 4.79 Å². The van der Waals surface area contributed by atoms with E-state index in [-0.39, 0.29) is 11.7 Å². The molecule has 4 rings (SSSR count). The highest BCUT2D eigenvalue weighted by Gasteiger charge is 2.16. The molecule has 1 N–H and O–H groups in total. The van der Waals surface area contributed by atoms with Crippen molar-refractivity contribution >= 4 is 23.2 Å². The van der Waals surface area contributed by atoms with Crippen LogP contribution in [0, 0.1) is 0 Å². The number of rotatable bonds is 3. The molecule has 0 atom stereocenters. The molecule has 0 bridgehead atoms. The van der Waals surface area contributed by atoms with Crippen LogP contribution in [0.2, 0.25) is 5.02 Å². The number of hydrogen-bond donors (Lipinski definition) is 1. The zero-order valence-electron chi connectivity index (χ0n) is 13.1. The summed E-state index contributed by atoms with van der Waals surface area (Å²) in [5.41, 5.74) is 1.42. The number of ether oxygens (including phenoxy) is 2. The van der Waals surface area contributed by atoms with Crippen molar-refractivity contribution in [1.29, 1.82) is 0 Å². The smallest absolute Gasteiger partial charge is 0.291 e. The summed E-state index contributed by atoms with van der Waals surface area (Å²) in [4.78, 5) is 12.4. The van der Waals surface area contributed by atoms with E-state index in [0.717, 1.165) is 5.56 Å². The van der Waals surface area contributed by atoms with Crippen molar-refractivity contribution in [2.24, 2.45) is 0 Å². The molecule has 0 fully saturated rings. The quantitative estimate of drug-likeness (QED) is 0.744. The van der Waals surface area contributed by atoms with E-state index in [1.54, 1.807) is 42.5 Å². The Hall–Kier alpha value is -2.92. The van der Waals surface area contributed by atoms with Gasteiger partial charge in [-0.25, -0.2) is 0 Å². The van der Waals surface area contributed by atoms with Gasteiger partial charge in [-0.2, -0.15) is 0 Å². The standard InChI is InChI=1S/C19H14ClNO4/c20-13-3-1-2-12(10-13)15-6-7-17(25-15)19(22)21-14-4-5-16-18(11-14)24-9-8-23-16/h1-7,10-11H,8-9H2,(H,21,22). The lowest BCUT2D eigenvalue weighted by atomic mass is 10.2. The number of benzene rings is 2.